The first-order valence-corrected chi connectivity index (χ1v) is 8.67. The minimum Gasteiger partial charge on any atom is -0.396 e. The number of rotatable bonds is 5. The van der Waals surface area contributed by atoms with Gasteiger partial charge in [0, 0.05) is 37.8 Å². The molecule has 0 bridgehead atoms. The van der Waals surface area contributed by atoms with Crippen LogP contribution in [0.1, 0.15) is 41.1 Å². The van der Waals surface area contributed by atoms with Crippen molar-refractivity contribution in [1.82, 2.24) is 19.8 Å². The van der Waals surface area contributed by atoms with E-state index in [-0.39, 0.29) is 18.7 Å². The number of nitrogens with zero attached hydrogens (tertiary/aromatic N) is 3. The zero-order valence-electron chi connectivity index (χ0n) is 14.4. The molecule has 0 unspecified atom stereocenters. The molecule has 3 rings (SSSR count). The van der Waals surface area contributed by atoms with Crippen molar-refractivity contribution in [2.24, 2.45) is 7.05 Å². The van der Waals surface area contributed by atoms with Gasteiger partial charge in [0.15, 0.2) is 5.11 Å². The van der Waals surface area contributed by atoms with Gasteiger partial charge in [0.2, 0.25) is 0 Å². The quantitative estimate of drug-likeness (QED) is 0.816. The molecule has 0 saturated carbocycles. The van der Waals surface area contributed by atoms with Gasteiger partial charge in [-0.1, -0.05) is 6.07 Å². The number of nitrogens with one attached hydrogen (secondary N) is 1. The Kier molecular flexibility index (Phi) is 4.87. The number of pyridine rings is 1. The molecule has 3 heterocycles. The summed E-state index contributed by atoms with van der Waals surface area (Å²) in [6.45, 7) is 5.14. The largest absolute Gasteiger partial charge is 0.396 e. The van der Waals surface area contributed by atoms with Gasteiger partial charge in [0.05, 0.1) is 17.8 Å². The third-order valence-electron chi connectivity index (χ3n) is 4.89. The van der Waals surface area contributed by atoms with Gasteiger partial charge in [-0.2, -0.15) is 0 Å². The van der Waals surface area contributed by atoms with Crippen LogP contribution in [0.3, 0.4) is 0 Å². The lowest BCUT2D eigenvalue weighted by Gasteiger charge is -2.27. The van der Waals surface area contributed by atoms with E-state index in [0.717, 1.165) is 17.4 Å². The summed E-state index contributed by atoms with van der Waals surface area (Å²) in [5.41, 5.74) is 4.70. The zero-order valence-corrected chi connectivity index (χ0v) is 15.2. The van der Waals surface area contributed by atoms with E-state index in [1.165, 1.54) is 17.0 Å². The minimum absolute atomic E-state index is 0.0119. The van der Waals surface area contributed by atoms with Crippen LogP contribution in [0.15, 0.2) is 30.5 Å². The summed E-state index contributed by atoms with van der Waals surface area (Å²) in [5.74, 6) is 0. The molecule has 2 atom stereocenters. The van der Waals surface area contributed by atoms with E-state index in [9.17, 15) is 5.11 Å². The minimum atomic E-state index is 0.0119. The first-order chi connectivity index (χ1) is 11.5. The van der Waals surface area contributed by atoms with E-state index in [0.29, 0.717) is 6.42 Å². The lowest BCUT2D eigenvalue weighted by Crippen LogP contribution is -2.31. The topological polar surface area (TPSA) is 53.3 Å². The van der Waals surface area contributed by atoms with Crippen molar-refractivity contribution in [1.29, 1.82) is 0 Å². The number of aliphatic hydroxyl groups excluding tert-OH is 1. The van der Waals surface area contributed by atoms with Gasteiger partial charge in [0.1, 0.15) is 0 Å². The first kappa shape index (κ1) is 16.9. The molecule has 5 nitrogen and oxygen atoms in total. The molecular formula is C18H24N4OS. The molecule has 0 radical (unpaired) electrons. The summed E-state index contributed by atoms with van der Waals surface area (Å²) in [4.78, 5) is 6.73. The van der Waals surface area contributed by atoms with Crippen LogP contribution in [0, 0.1) is 13.8 Å². The number of aryl methyl sites for hydroxylation is 1. The number of thiocarbonyl (C=S) groups is 1. The number of hydrogen-bond acceptors (Lipinski definition) is 3. The highest BCUT2D eigenvalue weighted by atomic mass is 32.1. The van der Waals surface area contributed by atoms with E-state index in [1.807, 2.05) is 24.4 Å². The SMILES string of the molecule is Cc1cc([C@H]2[C@@H](c3ccccn3)NC(=S)N2CCCO)c(C)n1C. The lowest BCUT2D eigenvalue weighted by molar-refractivity contribution is 0.247. The Hall–Kier alpha value is -1.92. The Morgan fingerprint density at radius 1 is 1.33 bits per heavy atom. The molecule has 24 heavy (non-hydrogen) atoms. The Morgan fingerprint density at radius 2 is 2.12 bits per heavy atom. The third-order valence-corrected chi connectivity index (χ3v) is 5.24. The van der Waals surface area contributed by atoms with E-state index in [4.69, 9.17) is 12.2 Å². The molecule has 0 aromatic carbocycles. The second-order valence-corrected chi connectivity index (χ2v) is 6.67. The molecule has 1 aliphatic heterocycles. The van der Waals surface area contributed by atoms with E-state index < -0.39 is 0 Å². The van der Waals surface area contributed by atoms with Crippen molar-refractivity contribution >= 4 is 17.3 Å². The van der Waals surface area contributed by atoms with E-state index >= 15 is 0 Å². The van der Waals surface area contributed by atoms with Crippen molar-refractivity contribution in [2.45, 2.75) is 32.4 Å². The van der Waals surface area contributed by atoms with Gasteiger partial charge >= 0.3 is 0 Å². The van der Waals surface area contributed by atoms with Crippen LogP contribution in [-0.4, -0.2) is 37.8 Å². The maximum Gasteiger partial charge on any atom is 0.170 e. The van der Waals surface area contributed by atoms with Gasteiger partial charge in [-0.25, -0.2) is 0 Å². The van der Waals surface area contributed by atoms with Crippen molar-refractivity contribution in [3.05, 3.63) is 53.1 Å². The fraction of sp³-hybridized carbons (Fsp3) is 0.444. The van der Waals surface area contributed by atoms with Gasteiger partial charge in [0.25, 0.3) is 0 Å². The highest BCUT2D eigenvalue weighted by Gasteiger charge is 2.40. The Balaban J connectivity index is 2.05. The summed E-state index contributed by atoms with van der Waals surface area (Å²) in [7, 11) is 2.09. The fourth-order valence-electron chi connectivity index (χ4n) is 3.41. The first-order valence-electron chi connectivity index (χ1n) is 8.26. The number of hydrogen-bond donors (Lipinski definition) is 2. The van der Waals surface area contributed by atoms with Crippen molar-refractivity contribution in [3.63, 3.8) is 0 Å². The van der Waals surface area contributed by atoms with Crippen LogP contribution in [-0.2, 0) is 7.05 Å². The van der Waals surface area contributed by atoms with E-state index in [2.05, 4.69) is 46.7 Å². The van der Waals surface area contributed by atoms with Crippen LogP contribution in [0.2, 0.25) is 0 Å². The summed E-state index contributed by atoms with van der Waals surface area (Å²) >= 11 is 5.59. The smallest absolute Gasteiger partial charge is 0.170 e. The van der Waals surface area contributed by atoms with Crippen molar-refractivity contribution in [3.8, 4) is 0 Å². The standard InChI is InChI=1S/C18H24N4OS/c1-12-11-14(13(2)21(12)3)17-16(15-7-4-5-8-19-15)20-18(24)22(17)9-6-10-23/h4-5,7-8,11,16-17,23H,6,9-10H2,1-3H3,(H,20,24)/t16-,17+/m1/s1. The normalized spacial score (nSPS) is 20.5. The van der Waals surface area contributed by atoms with Crippen LogP contribution in [0.4, 0.5) is 0 Å². The Labute approximate surface area is 148 Å². The van der Waals surface area contributed by atoms with Crippen molar-refractivity contribution < 1.29 is 5.11 Å². The van der Waals surface area contributed by atoms with Gasteiger partial charge in [-0.3, -0.25) is 4.98 Å². The molecule has 6 heteroatoms. The molecule has 2 aromatic rings. The molecule has 1 saturated heterocycles. The van der Waals surface area contributed by atoms with E-state index in [1.54, 1.807) is 0 Å². The predicted octanol–water partition coefficient (Wildman–Crippen LogP) is 2.39. The summed E-state index contributed by atoms with van der Waals surface area (Å²) in [6, 6.07) is 8.29. The predicted molar refractivity (Wildman–Crippen MR) is 98.7 cm³/mol. The fourth-order valence-corrected chi connectivity index (χ4v) is 3.74. The van der Waals surface area contributed by atoms with Gasteiger partial charge < -0.3 is 19.9 Å². The Morgan fingerprint density at radius 3 is 2.71 bits per heavy atom. The molecule has 2 aromatic heterocycles. The average Bonchev–Trinajstić information content (AvgIpc) is 3.05. The third kappa shape index (κ3) is 2.91. The van der Waals surface area contributed by atoms with Crippen molar-refractivity contribution in [2.75, 3.05) is 13.2 Å². The molecular weight excluding hydrogens is 320 g/mol. The number of aliphatic hydroxyl groups is 1. The van der Waals surface area contributed by atoms with Gasteiger partial charge in [-0.05, 0) is 56.2 Å². The maximum absolute atomic E-state index is 9.25. The molecule has 1 fully saturated rings. The highest BCUT2D eigenvalue weighted by molar-refractivity contribution is 7.80. The summed E-state index contributed by atoms with van der Waals surface area (Å²) < 4.78 is 2.20. The Bertz CT molecular complexity index is 728. The molecule has 0 amide bonds. The second-order valence-electron chi connectivity index (χ2n) is 6.28. The highest BCUT2D eigenvalue weighted by Crippen LogP contribution is 2.40. The lowest BCUT2D eigenvalue weighted by atomic mass is 9.96. The molecule has 0 spiro atoms. The van der Waals surface area contributed by atoms with Crippen LogP contribution in [0.25, 0.3) is 0 Å². The monoisotopic (exact) mass is 344 g/mol. The molecule has 0 aliphatic carbocycles. The summed E-state index contributed by atoms with van der Waals surface area (Å²) in [6.07, 6.45) is 2.51. The molecule has 2 N–H and O–H groups in total. The van der Waals surface area contributed by atoms with Gasteiger partial charge in [-0.15, -0.1) is 0 Å². The molecule has 128 valence electrons. The zero-order chi connectivity index (χ0) is 17.3. The second kappa shape index (κ2) is 6.91. The van der Waals surface area contributed by atoms with Crippen LogP contribution in [0.5, 0.6) is 0 Å². The average molecular weight is 344 g/mol. The number of aromatic nitrogens is 2. The van der Waals surface area contributed by atoms with Crippen LogP contribution < -0.4 is 5.32 Å². The molecule has 1 aliphatic rings. The summed E-state index contributed by atoms with van der Waals surface area (Å²) in [5, 5.41) is 13.4. The maximum atomic E-state index is 9.25. The van der Waals surface area contributed by atoms with Crippen LogP contribution >= 0.6 is 12.2 Å².